The number of fused-ring (bicyclic) bond motifs is 1. The maximum absolute atomic E-state index is 12.3. The van der Waals surface area contributed by atoms with Gasteiger partial charge in [-0.3, -0.25) is 4.79 Å². The van der Waals surface area contributed by atoms with Crippen molar-refractivity contribution in [2.24, 2.45) is 5.41 Å². The summed E-state index contributed by atoms with van der Waals surface area (Å²) < 4.78 is 5.24. The molecule has 0 spiro atoms. The van der Waals surface area contributed by atoms with E-state index in [1.54, 1.807) is 7.11 Å². The summed E-state index contributed by atoms with van der Waals surface area (Å²) in [5.74, 6) is 0.988. The number of carbonyl (C=O) groups excluding carboxylic acids is 1. The number of hydrogen-bond acceptors (Lipinski definition) is 3. The fourth-order valence-electron chi connectivity index (χ4n) is 2.92. The molecule has 4 nitrogen and oxygen atoms in total. The predicted molar refractivity (Wildman–Crippen MR) is 87.9 cm³/mol. The molecule has 4 heteroatoms. The maximum atomic E-state index is 12.3. The highest BCUT2D eigenvalue weighted by atomic mass is 16.5. The molecule has 116 valence electrons. The first-order valence-corrected chi connectivity index (χ1v) is 7.66. The number of hydrogen-bond donors (Lipinski definition) is 2. The van der Waals surface area contributed by atoms with Crippen LogP contribution in [0.4, 0.5) is 0 Å². The minimum atomic E-state index is -0.274. The van der Waals surface area contributed by atoms with E-state index < -0.39 is 0 Å². The topological polar surface area (TPSA) is 50.4 Å². The lowest BCUT2D eigenvalue weighted by atomic mass is 9.89. The molecule has 1 fully saturated rings. The Morgan fingerprint density at radius 2 is 2.05 bits per heavy atom. The molecule has 0 aromatic heterocycles. The third kappa shape index (κ3) is 2.92. The van der Waals surface area contributed by atoms with Crippen molar-refractivity contribution in [1.29, 1.82) is 0 Å². The molecular weight excluding hydrogens is 276 g/mol. The first kappa shape index (κ1) is 14.9. The van der Waals surface area contributed by atoms with Crippen molar-refractivity contribution in [3.63, 3.8) is 0 Å². The first-order chi connectivity index (χ1) is 10.6. The molecular formula is C18H22N2O2. The molecule has 3 rings (SSSR count). The minimum absolute atomic E-state index is 0.132. The largest absolute Gasteiger partial charge is 0.497 e. The molecule has 22 heavy (non-hydrogen) atoms. The first-order valence-electron chi connectivity index (χ1n) is 7.66. The Morgan fingerprint density at radius 1 is 1.27 bits per heavy atom. The fourth-order valence-corrected chi connectivity index (χ4v) is 2.92. The molecule has 0 aliphatic carbocycles. The van der Waals surface area contributed by atoms with Gasteiger partial charge in [0.2, 0.25) is 5.91 Å². The number of carbonyl (C=O) groups is 1. The van der Waals surface area contributed by atoms with Crippen molar-refractivity contribution in [3.8, 4) is 5.75 Å². The molecule has 1 amide bonds. The summed E-state index contributed by atoms with van der Waals surface area (Å²) >= 11 is 0. The smallest absolute Gasteiger partial charge is 0.227 e. The Hall–Kier alpha value is -2.07. The van der Waals surface area contributed by atoms with Gasteiger partial charge >= 0.3 is 0 Å². The summed E-state index contributed by atoms with van der Waals surface area (Å²) in [6, 6.07) is 12.3. The van der Waals surface area contributed by atoms with Crippen molar-refractivity contribution in [3.05, 3.63) is 42.0 Å². The number of ether oxygens (including phenoxy) is 1. The molecule has 1 atom stereocenters. The van der Waals surface area contributed by atoms with Gasteiger partial charge in [-0.1, -0.05) is 18.2 Å². The summed E-state index contributed by atoms with van der Waals surface area (Å²) in [4.78, 5) is 12.3. The molecule has 0 radical (unpaired) electrons. The van der Waals surface area contributed by atoms with Crippen LogP contribution in [0.2, 0.25) is 0 Å². The van der Waals surface area contributed by atoms with Crippen molar-refractivity contribution in [2.45, 2.75) is 19.9 Å². The lowest BCUT2D eigenvalue weighted by Gasteiger charge is -2.21. The van der Waals surface area contributed by atoms with Crippen LogP contribution in [0, 0.1) is 5.41 Å². The van der Waals surface area contributed by atoms with Gasteiger partial charge in [-0.15, -0.1) is 0 Å². The van der Waals surface area contributed by atoms with E-state index in [1.807, 2.05) is 25.1 Å². The Labute approximate surface area is 130 Å². The highest BCUT2D eigenvalue weighted by Gasteiger charge is 2.35. The highest BCUT2D eigenvalue weighted by Crippen LogP contribution is 2.25. The Morgan fingerprint density at radius 3 is 2.77 bits per heavy atom. The lowest BCUT2D eigenvalue weighted by molar-refractivity contribution is -0.129. The molecule has 0 saturated carbocycles. The Balaban J connectivity index is 1.70. The van der Waals surface area contributed by atoms with E-state index in [2.05, 4.69) is 28.8 Å². The number of benzene rings is 2. The number of amides is 1. The lowest BCUT2D eigenvalue weighted by Crippen LogP contribution is -2.39. The van der Waals surface area contributed by atoms with Gasteiger partial charge < -0.3 is 15.4 Å². The summed E-state index contributed by atoms with van der Waals surface area (Å²) in [5.41, 5.74) is 0.838. The van der Waals surface area contributed by atoms with Crippen molar-refractivity contribution in [1.82, 2.24) is 10.6 Å². The third-order valence-electron chi connectivity index (χ3n) is 4.48. The zero-order valence-electron chi connectivity index (χ0n) is 13.1. The molecule has 0 bridgehead atoms. The summed E-state index contributed by atoms with van der Waals surface area (Å²) in [6.07, 6.45) is 0.899. The second-order valence-electron chi connectivity index (χ2n) is 6.22. The van der Waals surface area contributed by atoms with Gasteiger partial charge in [-0.05, 0) is 54.4 Å². The maximum Gasteiger partial charge on any atom is 0.227 e. The average molecular weight is 298 g/mol. The number of nitrogens with one attached hydrogen (secondary N) is 2. The van der Waals surface area contributed by atoms with E-state index >= 15 is 0 Å². The van der Waals surface area contributed by atoms with Gasteiger partial charge in [-0.2, -0.15) is 0 Å². The molecule has 2 aromatic rings. The van der Waals surface area contributed by atoms with Crippen molar-refractivity contribution >= 4 is 16.7 Å². The highest BCUT2D eigenvalue weighted by molar-refractivity contribution is 5.85. The molecule has 1 aliphatic rings. The van der Waals surface area contributed by atoms with Gasteiger partial charge in [0.15, 0.2) is 0 Å². The van der Waals surface area contributed by atoms with E-state index in [-0.39, 0.29) is 11.3 Å². The van der Waals surface area contributed by atoms with Crippen LogP contribution >= 0.6 is 0 Å². The number of methoxy groups -OCH3 is 1. The van der Waals surface area contributed by atoms with Crippen LogP contribution in [-0.2, 0) is 11.3 Å². The van der Waals surface area contributed by atoms with Gasteiger partial charge in [0.25, 0.3) is 0 Å². The van der Waals surface area contributed by atoms with E-state index in [9.17, 15) is 4.79 Å². The van der Waals surface area contributed by atoms with Crippen molar-refractivity contribution < 1.29 is 9.53 Å². The zero-order chi connectivity index (χ0) is 15.6. The summed E-state index contributed by atoms with van der Waals surface area (Å²) in [7, 11) is 1.67. The van der Waals surface area contributed by atoms with Crippen LogP contribution < -0.4 is 15.4 Å². The Kier molecular flexibility index (Phi) is 4.03. The van der Waals surface area contributed by atoms with E-state index in [0.29, 0.717) is 6.54 Å². The van der Waals surface area contributed by atoms with Crippen LogP contribution in [0.15, 0.2) is 36.4 Å². The minimum Gasteiger partial charge on any atom is -0.497 e. The van der Waals surface area contributed by atoms with Crippen LogP contribution in [0.3, 0.4) is 0 Å². The molecule has 1 heterocycles. The zero-order valence-corrected chi connectivity index (χ0v) is 13.1. The van der Waals surface area contributed by atoms with Crippen LogP contribution in [0.25, 0.3) is 10.8 Å². The fraction of sp³-hybridized carbons (Fsp3) is 0.389. The summed E-state index contributed by atoms with van der Waals surface area (Å²) in [5, 5.41) is 8.61. The average Bonchev–Trinajstić information content (AvgIpc) is 3.00. The van der Waals surface area contributed by atoms with Crippen LogP contribution in [-0.4, -0.2) is 26.1 Å². The predicted octanol–water partition coefficient (Wildman–Crippen LogP) is 2.46. The quantitative estimate of drug-likeness (QED) is 0.911. The standard InChI is InChI=1S/C18H22N2O2/c1-18(7-8-19-12-18)17(21)20-11-13-3-4-15-10-16(22-2)6-5-14(15)9-13/h3-6,9-10,19H,7-8,11-12H2,1-2H3,(H,20,21). The Bertz CT molecular complexity index is 691. The SMILES string of the molecule is COc1ccc2cc(CNC(=O)C3(C)CCNC3)ccc2c1. The molecule has 2 aromatic carbocycles. The number of rotatable bonds is 4. The molecule has 1 unspecified atom stereocenters. The van der Waals surface area contributed by atoms with Gasteiger partial charge in [0.05, 0.1) is 12.5 Å². The second kappa shape index (κ2) is 5.97. The molecule has 2 N–H and O–H groups in total. The normalized spacial score (nSPS) is 21.0. The molecule has 1 aliphatic heterocycles. The van der Waals surface area contributed by atoms with Gasteiger partial charge in [-0.25, -0.2) is 0 Å². The van der Waals surface area contributed by atoms with Gasteiger partial charge in [0.1, 0.15) is 5.75 Å². The van der Waals surface area contributed by atoms with Gasteiger partial charge in [0, 0.05) is 13.1 Å². The van der Waals surface area contributed by atoms with Crippen molar-refractivity contribution in [2.75, 3.05) is 20.2 Å². The molecule has 1 saturated heterocycles. The van der Waals surface area contributed by atoms with Crippen LogP contribution in [0.1, 0.15) is 18.9 Å². The van der Waals surface area contributed by atoms with E-state index in [0.717, 1.165) is 41.6 Å². The van der Waals surface area contributed by atoms with Crippen LogP contribution in [0.5, 0.6) is 5.75 Å². The second-order valence-corrected chi connectivity index (χ2v) is 6.22. The van der Waals surface area contributed by atoms with E-state index in [4.69, 9.17) is 4.74 Å². The van der Waals surface area contributed by atoms with E-state index in [1.165, 1.54) is 0 Å². The monoisotopic (exact) mass is 298 g/mol. The third-order valence-corrected chi connectivity index (χ3v) is 4.48. The summed E-state index contributed by atoms with van der Waals surface area (Å²) in [6.45, 7) is 4.27.